The maximum atomic E-state index is 11.1. The molecular formula is C12H17N3O4. The van der Waals surface area contributed by atoms with Crippen molar-refractivity contribution in [3.05, 3.63) is 33.9 Å². The average Bonchev–Trinajstić information content (AvgIpc) is 2.38. The molecule has 0 aliphatic carbocycles. The monoisotopic (exact) mass is 267 g/mol. The first-order chi connectivity index (χ1) is 8.83. The van der Waals surface area contributed by atoms with Crippen LogP contribution in [0, 0.1) is 10.1 Å². The maximum Gasteiger partial charge on any atom is 0.292 e. The molecule has 104 valence electrons. The SMILES string of the molecule is CCC(C)(CO)Nc1cc(C(N)=O)ccc1[N+](=O)[O-]. The molecule has 7 heteroatoms. The Kier molecular flexibility index (Phi) is 4.44. The lowest BCUT2D eigenvalue weighted by Crippen LogP contribution is -2.38. The normalized spacial score (nSPS) is 13.6. The number of rotatable bonds is 6. The molecule has 0 aliphatic rings. The first-order valence-electron chi connectivity index (χ1n) is 5.80. The number of benzene rings is 1. The summed E-state index contributed by atoms with van der Waals surface area (Å²) < 4.78 is 0. The quantitative estimate of drug-likeness (QED) is 0.529. The largest absolute Gasteiger partial charge is 0.394 e. The van der Waals surface area contributed by atoms with E-state index in [-0.39, 0.29) is 23.5 Å². The molecule has 0 radical (unpaired) electrons. The van der Waals surface area contributed by atoms with E-state index in [1.165, 1.54) is 18.2 Å². The highest BCUT2D eigenvalue weighted by atomic mass is 16.6. The Balaban J connectivity index is 3.25. The highest BCUT2D eigenvalue weighted by Crippen LogP contribution is 2.29. The van der Waals surface area contributed by atoms with E-state index in [2.05, 4.69) is 5.32 Å². The highest BCUT2D eigenvalue weighted by molar-refractivity contribution is 5.94. The van der Waals surface area contributed by atoms with E-state index < -0.39 is 16.4 Å². The van der Waals surface area contributed by atoms with E-state index in [4.69, 9.17) is 5.73 Å². The number of carbonyl (C=O) groups is 1. The van der Waals surface area contributed by atoms with Gasteiger partial charge >= 0.3 is 0 Å². The number of hydrogen-bond donors (Lipinski definition) is 3. The number of nitro groups is 1. The van der Waals surface area contributed by atoms with Crippen molar-refractivity contribution < 1.29 is 14.8 Å². The van der Waals surface area contributed by atoms with Crippen molar-refractivity contribution in [3.63, 3.8) is 0 Å². The van der Waals surface area contributed by atoms with Crippen molar-refractivity contribution in [1.29, 1.82) is 0 Å². The predicted molar refractivity (Wildman–Crippen MR) is 71.0 cm³/mol. The van der Waals surface area contributed by atoms with Gasteiger partial charge in [0.05, 0.1) is 17.1 Å². The molecule has 1 rings (SSSR count). The van der Waals surface area contributed by atoms with Crippen LogP contribution in [-0.4, -0.2) is 28.1 Å². The van der Waals surface area contributed by atoms with Gasteiger partial charge in [-0.1, -0.05) is 6.92 Å². The zero-order chi connectivity index (χ0) is 14.6. The number of nitrogens with one attached hydrogen (secondary N) is 1. The smallest absolute Gasteiger partial charge is 0.292 e. The van der Waals surface area contributed by atoms with E-state index >= 15 is 0 Å². The summed E-state index contributed by atoms with van der Waals surface area (Å²) in [5.74, 6) is -0.667. The number of primary amides is 1. The molecule has 1 amide bonds. The molecule has 0 aliphatic heterocycles. The number of aliphatic hydroxyl groups excluding tert-OH is 1. The third-order valence-electron chi connectivity index (χ3n) is 3.04. The van der Waals surface area contributed by atoms with Crippen LogP contribution in [-0.2, 0) is 0 Å². The van der Waals surface area contributed by atoms with Crippen LogP contribution in [0.3, 0.4) is 0 Å². The number of hydrogen-bond acceptors (Lipinski definition) is 5. The minimum Gasteiger partial charge on any atom is -0.394 e. The minimum atomic E-state index is -0.707. The summed E-state index contributed by atoms with van der Waals surface area (Å²) in [6.45, 7) is 3.38. The van der Waals surface area contributed by atoms with Gasteiger partial charge in [0.25, 0.3) is 5.69 Å². The second-order valence-electron chi connectivity index (χ2n) is 4.55. The summed E-state index contributed by atoms with van der Waals surface area (Å²) in [7, 11) is 0. The number of nitro benzene ring substituents is 1. The van der Waals surface area contributed by atoms with E-state index in [0.29, 0.717) is 6.42 Å². The summed E-state index contributed by atoms with van der Waals surface area (Å²) in [6.07, 6.45) is 0.557. The molecule has 4 N–H and O–H groups in total. The Morgan fingerprint density at radius 3 is 2.63 bits per heavy atom. The molecule has 1 unspecified atom stereocenters. The van der Waals surface area contributed by atoms with Crippen molar-refractivity contribution in [3.8, 4) is 0 Å². The topological polar surface area (TPSA) is 118 Å². The van der Waals surface area contributed by atoms with Crippen LogP contribution in [0.4, 0.5) is 11.4 Å². The number of amides is 1. The minimum absolute atomic E-state index is 0.166. The fourth-order valence-electron chi connectivity index (χ4n) is 1.51. The van der Waals surface area contributed by atoms with Gasteiger partial charge in [0.15, 0.2) is 0 Å². The second kappa shape index (κ2) is 5.66. The molecule has 0 saturated carbocycles. The number of carbonyl (C=O) groups excluding carboxylic acids is 1. The van der Waals surface area contributed by atoms with E-state index in [9.17, 15) is 20.0 Å². The Morgan fingerprint density at radius 2 is 2.21 bits per heavy atom. The molecule has 1 aromatic rings. The maximum absolute atomic E-state index is 11.1. The standard InChI is InChI=1S/C12H17N3O4/c1-3-12(2,7-16)14-9-6-8(11(13)17)4-5-10(9)15(18)19/h4-6,14,16H,3,7H2,1-2H3,(H2,13,17). The van der Waals surface area contributed by atoms with Crippen LogP contribution in [0.25, 0.3) is 0 Å². The molecule has 0 bridgehead atoms. The molecule has 0 spiro atoms. The molecule has 0 saturated heterocycles. The number of anilines is 1. The fourth-order valence-corrected chi connectivity index (χ4v) is 1.51. The Labute approximate surface area is 110 Å². The lowest BCUT2D eigenvalue weighted by Gasteiger charge is -2.28. The zero-order valence-electron chi connectivity index (χ0n) is 10.8. The molecule has 1 atom stereocenters. The second-order valence-corrected chi connectivity index (χ2v) is 4.55. The van der Waals surface area contributed by atoms with E-state index in [1.54, 1.807) is 6.92 Å². The molecule has 0 aromatic heterocycles. The molecule has 0 fully saturated rings. The Hall–Kier alpha value is -2.15. The van der Waals surface area contributed by atoms with Gasteiger partial charge < -0.3 is 16.2 Å². The van der Waals surface area contributed by atoms with Crippen molar-refractivity contribution in [2.75, 3.05) is 11.9 Å². The van der Waals surface area contributed by atoms with Gasteiger partial charge in [0.1, 0.15) is 5.69 Å². The van der Waals surface area contributed by atoms with Crippen molar-refractivity contribution in [2.45, 2.75) is 25.8 Å². The van der Waals surface area contributed by atoms with Gasteiger partial charge in [0, 0.05) is 11.6 Å². The van der Waals surface area contributed by atoms with Crippen LogP contribution < -0.4 is 11.1 Å². The summed E-state index contributed by atoms with van der Waals surface area (Å²) in [6, 6.07) is 3.84. The summed E-state index contributed by atoms with van der Waals surface area (Å²) in [5.41, 5.74) is 4.61. The first kappa shape index (κ1) is 14.9. The summed E-state index contributed by atoms with van der Waals surface area (Å²) >= 11 is 0. The van der Waals surface area contributed by atoms with Gasteiger partial charge in [-0.25, -0.2) is 0 Å². The van der Waals surface area contributed by atoms with E-state index in [0.717, 1.165) is 0 Å². The average molecular weight is 267 g/mol. The van der Waals surface area contributed by atoms with Gasteiger partial charge in [-0.15, -0.1) is 0 Å². The van der Waals surface area contributed by atoms with Crippen LogP contribution in [0.1, 0.15) is 30.6 Å². The molecular weight excluding hydrogens is 250 g/mol. The van der Waals surface area contributed by atoms with Crippen molar-refractivity contribution >= 4 is 17.3 Å². The number of nitrogens with zero attached hydrogens (tertiary/aromatic N) is 1. The van der Waals surface area contributed by atoms with Crippen molar-refractivity contribution in [1.82, 2.24) is 0 Å². The molecule has 19 heavy (non-hydrogen) atoms. The van der Waals surface area contributed by atoms with Crippen LogP contribution in [0.15, 0.2) is 18.2 Å². The fraction of sp³-hybridized carbons (Fsp3) is 0.417. The third kappa shape index (κ3) is 3.41. The summed E-state index contributed by atoms with van der Waals surface area (Å²) in [4.78, 5) is 21.5. The summed E-state index contributed by atoms with van der Waals surface area (Å²) in [5, 5.41) is 23.2. The lowest BCUT2D eigenvalue weighted by molar-refractivity contribution is -0.384. The third-order valence-corrected chi connectivity index (χ3v) is 3.04. The van der Waals surface area contributed by atoms with Gasteiger partial charge in [0.2, 0.25) is 5.91 Å². The highest BCUT2D eigenvalue weighted by Gasteiger charge is 2.25. The van der Waals surface area contributed by atoms with Gasteiger partial charge in [-0.2, -0.15) is 0 Å². The van der Waals surface area contributed by atoms with Gasteiger partial charge in [-0.05, 0) is 25.5 Å². The molecule has 7 nitrogen and oxygen atoms in total. The lowest BCUT2D eigenvalue weighted by atomic mass is 9.99. The molecule has 1 aromatic carbocycles. The van der Waals surface area contributed by atoms with E-state index in [1.807, 2.05) is 6.92 Å². The predicted octanol–water partition coefficient (Wildman–Crippen LogP) is 1.27. The zero-order valence-corrected chi connectivity index (χ0v) is 10.8. The van der Waals surface area contributed by atoms with Crippen LogP contribution in [0.5, 0.6) is 0 Å². The van der Waals surface area contributed by atoms with Crippen LogP contribution in [0.2, 0.25) is 0 Å². The number of aliphatic hydroxyl groups is 1. The van der Waals surface area contributed by atoms with Crippen molar-refractivity contribution in [2.24, 2.45) is 5.73 Å². The Bertz CT molecular complexity index is 498. The molecule has 0 heterocycles. The first-order valence-corrected chi connectivity index (χ1v) is 5.80. The van der Waals surface area contributed by atoms with Crippen LogP contribution >= 0.6 is 0 Å². The van der Waals surface area contributed by atoms with Gasteiger partial charge in [-0.3, -0.25) is 14.9 Å². The number of nitrogens with two attached hydrogens (primary N) is 1. The Morgan fingerprint density at radius 1 is 1.58 bits per heavy atom.